The minimum Gasteiger partial charge on any atom is -0.452 e. The molecule has 3 aromatic rings. The molecule has 1 N–H and O–H groups in total. The summed E-state index contributed by atoms with van der Waals surface area (Å²) in [6, 6.07) is 9.91. The molecule has 2 aromatic carbocycles. The standard InChI is InChI=1S/C21H18F2N2O4/c1-12-16-5-3-4-6-17(16)25-18(10-28-2)20(12)21(27)29-11-19(26)24-15-8-13(22)7-14(23)9-15/h3-9H,10-11H2,1-2H3,(H,24,26). The highest BCUT2D eigenvalue weighted by Crippen LogP contribution is 2.24. The number of hydrogen-bond donors (Lipinski definition) is 1. The first-order chi connectivity index (χ1) is 13.9. The second kappa shape index (κ2) is 8.74. The molecule has 0 aliphatic rings. The number of aromatic nitrogens is 1. The van der Waals surface area contributed by atoms with Gasteiger partial charge < -0.3 is 14.8 Å². The van der Waals surface area contributed by atoms with E-state index in [-0.39, 0.29) is 17.9 Å². The van der Waals surface area contributed by atoms with Crippen LogP contribution in [-0.2, 0) is 20.9 Å². The van der Waals surface area contributed by atoms with Crippen LogP contribution < -0.4 is 5.32 Å². The zero-order chi connectivity index (χ0) is 21.0. The molecule has 0 spiro atoms. The molecule has 29 heavy (non-hydrogen) atoms. The number of carbonyl (C=O) groups is 2. The lowest BCUT2D eigenvalue weighted by molar-refractivity contribution is -0.119. The number of anilines is 1. The summed E-state index contributed by atoms with van der Waals surface area (Å²) in [6.07, 6.45) is 0. The van der Waals surface area contributed by atoms with Crippen LogP contribution in [-0.4, -0.2) is 30.6 Å². The number of fused-ring (bicyclic) bond motifs is 1. The van der Waals surface area contributed by atoms with Gasteiger partial charge >= 0.3 is 5.97 Å². The maximum absolute atomic E-state index is 13.2. The van der Waals surface area contributed by atoms with E-state index >= 15 is 0 Å². The Morgan fingerprint density at radius 3 is 2.48 bits per heavy atom. The number of pyridine rings is 1. The van der Waals surface area contributed by atoms with Crippen LogP contribution in [0, 0.1) is 18.6 Å². The number of nitrogens with one attached hydrogen (secondary N) is 1. The minimum absolute atomic E-state index is 0.0767. The van der Waals surface area contributed by atoms with Crippen molar-refractivity contribution in [1.29, 1.82) is 0 Å². The predicted molar refractivity (Wildman–Crippen MR) is 102 cm³/mol. The van der Waals surface area contributed by atoms with Crippen molar-refractivity contribution < 1.29 is 27.8 Å². The summed E-state index contributed by atoms with van der Waals surface area (Å²) in [5, 5.41) is 3.05. The molecular weight excluding hydrogens is 382 g/mol. The molecule has 0 aliphatic heterocycles. The zero-order valence-electron chi connectivity index (χ0n) is 15.8. The van der Waals surface area contributed by atoms with Gasteiger partial charge in [0.15, 0.2) is 6.61 Å². The first-order valence-corrected chi connectivity index (χ1v) is 8.69. The Kier molecular flexibility index (Phi) is 6.13. The van der Waals surface area contributed by atoms with Gasteiger partial charge in [-0.05, 0) is 30.7 Å². The van der Waals surface area contributed by atoms with Crippen molar-refractivity contribution in [2.75, 3.05) is 19.0 Å². The molecule has 0 aliphatic carbocycles. The fraction of sp³-hybridized carbons (Fsp3) is 0.190. The fourth-order valence-electron chi connectivity index (χ4n) is 2.98. The van der Waals surface area contributed by atoms with E-state index in [1.165, 1.54) is 7.11 Å². The van der Waals surface area contributed by atoms with E-state index in [1.807, 2.05) is 24.3 Å². The predicted octanol–water partition coefficient (Wildman–Crippen LogP) is 3.76. The number of aryl methyl sites for hydroxylation is 1. The highest BCUT2D eigenvalue weighted by atomic mass is 19.1. The first kappa shape index (κ1) is 20.3. The third-order valence-corrected chi connectivity index (χ3v) is 4.19. The number of nitrogens with zero attached hydrogens (tertiary/aromatic N) is 1. The molecule has 1 amide bonds. The molecule has 0 atom stereocenters. The van der Waals surface area contributed by atoms with Crippen molar-refractivity contribution in [3.05, 3.63) is 70.9 Å². The van der Waals surface area contributed by atoms with Crippen LogP contribution in [0.3, 0.4) is 0 Å². The number of methoxy groups -OCH3 is 1. The SMILES string of the molecule is COCc1nc2ccccc2c(C)c1C(=O)OCC(=O)Nc1cc(F)cc(F)c1. The van der Waals surface area contributed by atoms with Gasteiger partial charge in [0.05, 0.1) is 23.4 Å². The number of halogens is 2. The molecule has 3 rings (SSSR count). The topological polar surface area (TPSA) is 77.5 Å². The molecule has 0 fully saturated rings. The van der Waals surface area contributed by atoms with Gasteiger partial charge in [-0.15, -0.1) is 0 Å². The average molecular weight is 400 g/mol. The van der Waals surface area contributed by atoms with Gasteiger partial charge in [0.1, 0.15) is 11.6 Å². The minimum atomic E-state index is -0.834. The van der Waals surface area contributed by atoms with E-state index in [2.05, 4.69) is 10.3 Å². The quantitative estimate of drug-likeness (QED) is 0.638. The number of rotatable bonds is 6. The van der Waals surface area contributed by atoms with Gasteiger partial charge in [-0.25, -0.2) is 18.6 Å². The summed E-state index contributed by atoms with van der Waals surface area (Å²) in [6.45, 7) is 1.22. The van der Waals surface area contributed by atoms with Gasteiger partial charge in [-0.2, -0.15) is 0 Å². The van der Waals surface area contributed by atoms with Crippen molar-refractivity contribution in [2.24, 2.45) is 0 Å². The van der Waals surface area contributed by atoms with Crippen LogP contribution in [0.5, 0.6) is 0 Å². The molecule has 0 saturated carbocycles. The summed E-state index contributed by atoms with van der Waals surface area (Å²) in [4.78, 5) is 29.1. The number of para-hydroxylation sites is 1. The summed E-state index contributed by atoms with van der Waals surface area (Å²) in [7, 11) is 1.48. The average Bonchev–Trinajstić information content (AvgIpc) is 2.66. The molecule has 0 radical (unpaired) electrons. The van der Waals surface area contributed by atoms with E-state index in [0.717, 1.165) is 17.5 Å². The van der Waals surface area contributed by atoms with Gasteiger partial charge in [0.2, 0.25) is 0 Å². The number of amides is 1. The third-order valence-electron chi connectivity index (χ3n) is 4.19. The lowest BCUT2D eigenvalue weighted by Crippen LogP contribution is -2.22. The Bertz CT molecular complexity index is 1070. The number of esters is 1. The number of benzene rings is 2. The van der Waals surface area contributed by atoms with Crippen LogP contribution in [0.1, 0.15) is 21.6 Å². The smallest absolute Gasteiger partial charge is 0.340 e. The Morgan fingerprint density at radius 1 is 1.10 bits per heavy atom. The normalized spacial score (nSPS) is 10.8. The molecule has 6 nitrogen and oxygen atoms in total. The Morgan fingerprint density at radius 2 is 1.79 bits per heavy atom. The monoisotopic (exact) mass is 400 g/mol. The summed E-state index contributed by atoms with van der Waals surface area (Å²) < 4.78 is 36.6. The Hall–Kier alpha value is -3.39. The van der Waals surface area contributed by atoms with E-state index in [4.69, 9.17) is 9.47 Å². The lowest BCUT2D eigenvalue weighted by atomic mass is 10.0. The lowest BCUT2D eigenvalue weighted by Gasteiger charge is -2.14. The van der Waals surface area contributed by atoms with E-state index in [9.17, 15) is 18.4 Å². The number of hydrogen-bond acceptors (Lipinski definition) is 5. The van der Waals surface area contributed by atoms with E-state index < -0.39 is 30.1 Å². The molecule has 1 aromatic heterocycles. The molecule has 0 saturated heterocycles. The molecule has 8 heteroatoms. The fourth-order valence-corrected chi connectivity index (χ4v) is 2.98. The summed E-state index contributed by atoms with van der Waals surface area (Å²) >= 11 is 0. The van der Waals surface area contributed by atoms with Gasteiger partial charge in [-0.3, -0.25) is 4.79 Å². The van der Waals surface area contributed by atoms with Crippen LogP contribution in [0.2, 0.25) is 0 Å². The van der Waals surface area contributed by atoms with Crippen LogP contribution in [0.15, 0.2) is 42.5 Å². The number of ether oxygens (including phenoxy) is 2. The first-order valence-electron chi connectivity index (χ1n) is 8.69. The van der Waals surface area contributed by atoms with Gasteiger partial charge in [-0.1, -0.05) is 18.2 Å². The Balaban J connectivity index is 1.77. The van der Waals surface area contributed by atoms with Crippen molar-refractivity contribution in [3.8, 4) is 0 Å². The molecular formula is C21H18F2N2O4. The number of carbonyl (C=O) groups excluding carboxylic acids is 2. The van der Waals surface area contributed by atoms with Crippen molar-refractivity contribution in [3.63, 3.8) is 0 Å². The molecule has 0 bridgehead atoms. The second-order valence-electron chi connectivity index (χ2n) is 6.29. The Labute approximate surface area is 165 Å². The van der Waals surface area contributed by atoms with Crippen molar-refractivity contribution >= 4 is 28.5 Å². The van der Waals surface area contributed by atoms with Gasteiger partial charge in [0, 0.05) is 24.2 Å². The van der Waals surface area contributed by atoms with Crippen molar-refractivity contribution in [2.45, 2.75) is 13.5 Å². The van der Waals surface area contributed by atoms with Crippen LogP contribution in [0.4, 0.5) is 14.5 Å². The summed E-state index contributed by atoms with van der Waals surface area (Å²) in [5.41, 5.74) is 1.89. The van der Waals surface area contributed by atoms with Crippen molar-refractivity contribution in [1.82, 2.24) is 4.98 Å². The maximum Gasteiger partial charge on any atom is 0.340 e. The highest BCUT2D eigenvalue weighted by molar-refractivity contribution is 6.00. The largest absolute Gasteiger partial charge is 0.452 e. The van der Waals surface area contributed by atoms with E-state index in [0.29, 0.717) is 22.8 Å². The summed E-state index contributed by atoms with van der Waals surface area (Å²) in [5.74, 6) is -3.14. The highest BCUT2D eigenvalue weighted by Gasteiger charge is 2.21. The molecule has 0 unspecified atom stereocenters. The zero-order valence-corrected chi connectivity index (χ0v) is 15.8. The second-order valence-corrected chi connectivity index (χ2v) is 6.29. The molecule has 1 heterocycles. The molecule has 150 valence electrons. The third kappa shape index (κ3) is 4.72. The maximum atomic E-state index is 13.2. The van der Waals surface area contributed by atoms with E-state index in [1.54, 1.807) is 6.92 Å². The van der Waals surface area contributed by atoms with Gasteiger partial charge in [0.25, 0.3) is 5.91 Å². The van der Waals surface area contributed by atoms with Crippen LogP contribution >= 0.6 is 0 Å². The van der Waals surface area contributed by atoms with Crippen LogP contribution in [0.25, 0.3) is 10.9 Å².